The van der Waals surface area contributed by atoms with Crippen LogP contribution in [0.2, 0.25) is 0 Å². The highest BCUT2D eigenvalue weighted by Gasteiger charge is 2.20. The molecule has 1 aromatic carbocycles. The van der Waals surface area contributed by atoms with Gasteiger partial charge in [-0.15, -0.1) is 0 Å². The zero-order valence-electron chi connectivity index (χ0n) is 19.7. The zero-order valence-corrected chi connectivity index (χ0v) is 20.5. The van der Waals surface area contributed by atoms with Gasteiger partial charge in [-0.1, -0.05) is 32.4 Å². The number of aromatic nitrogens is 4. The van der Waals surface area contributed by atoms with E-state index in [-0.39, 0.29) is 22.2 Å². The number of sulfone groups is 1. The van der Waals surface area contributed by atoms with Crippen LogP contribution >= 0.6 is 0 Å². The van der Waals surface area contributed by atoms with Gasteiger partial charge in [0.15, 0.2) is 0 Å². The molecule has 11 heteroatoms. The zero-order chi connectivity index (χ0) is 25.2. The third kappa shape index (κ3) is 4.55. The summed E-state index contributed by atoms with van der Waals surface area (Å²) in [7, 11) is -3.77. The van der Waals surface area contributed by atoms with Crippen molar-refractivity contribution in [3.05, 3.63) is 56.1 Å². The van der Waals surface area contributed by atoms with Crippen molar-refractivity contribution in [3.63, 3.8) is 0 Å². The molecule has 4 aromatic rings. The Balaban J connectivity index is 0.000000406. The number of hydrogen-bond acceptors (Lipinski definition) is 8. The van der Waals surface area contributed by atoms with Gasteiger partial charge in [0.1, 0.15) is 22.8 Å². The quantitative estimate of drug-likeness (QED) is 0.264. The van der Waals surface area contributed by atoms with E-state index in [1.807, 2.05) is 6.92 Å². The first-order valence-electron chi connectivity index (χ1n) is 10.8. The molecule has 0 radical (unpaired) electrons. The minimum absolute atomic E-state index is 0.00654. The molecule has 0 amide bonds. The van der Waals surface area contributed by atoms with Gasteiger partial charge in [0, 0.05) is 6.26 Å². The molecular weight excluding hydrogens is 456 g/mol. The average Bonchev–Trinajstić information content (AvgIpc) is 2.80. The second-order valence-electron chi connectivity index (χ2n) is 7.76. The molecule has 1 N–H and O–H groups in total. The lowest BCUT2D eigenvalue weighted by Gasteiger charge is -2.13. The van der Waals surface area contributed by atoms with Crippen molar-refractivity contribution in [1.82, 2.24) is 24.3 Å². The van der Waals surface area contributed by atoms with Crippen LogP contribution in [0.15, 0.2) is 39.1 Å². The summed E-state index contributed by atoms with van der Waals surface area (Å²) >= 11 is 0. The summed E-state index contributed by atoms with van der Waals surface area (Å²) < 4.78 is 24.6. The fraction of sp³-hybridized carbons (Fsp3) is 0.348. The minimum atomic E-state index is -3.77. The second-order valence-corrected chi connectivity index (χ2v) is 9.67. The SMILES string of the molecule is CCN(CC)CC.Cc1ccc2[nH]c3c(C#N)c(=O)c4nc(S(C)(=O)=O)ncc4n3c(=O)c2c1. The van der Waals surface area contributed by atoms with E-state index in [9.17, 15) is 23.3 Å². The first kappa shape index (κ1) is 25.0. The Hall–Kier alpha value is -3.62. The monoisotopic (exact) mass is 482 g/mol. The standard InChI is InChI=1S/C17H11N5O4S.C6H15N/c1-8-3-4-11-9(5-8)16(24)22-12-7-19-17(27(2,25)26)21-13(12)14(23)10(6-18)15(22)20-11;1-4-7(5-2)6-3/h3-5,7,20H,1-2H3;4-6H2,1-3H3. The van der Waals surface area contributed by atoms with Crippen LogP contribution in [-0.2, 0) is 9.84 Å². The third-order valence-electron chi connectivity index (χ3n) is 5.54. The predicted molar refractivity (Wildman–Crippen MR) is 131 cm³/mol. The fourth-order valence-corrected chi connectivity index (χ4v) is 4.12. The van der Waals surface area contributed by atoms with Crippen LogP contribution in [0.5, 0.6) is 0 Å². The predicted octanol–water partition coefficient (Wildman–Crippen LogP) is 2.02. The molecule has 0 spiro atoms. The Morgan fingerprint density at radius 1 is 1.15 bits per heavy atom. The maximum absolute atomic E-state index is 13.1. The van der Waals surface area contributed by atoms with Crippen LogP contribution in [0.4, 0.5) is 0 Å². The molecule has 0 bridgehead atoms. The number of rotatable bonds is 4. The Morgan fingerprint density at radius 3 is 2.32 bits per heavy atom. The summed E-state index contributed by atoms with van der Waals surface area (Å²) in [6.07, 6.45) is 2.01. The Morgan fingerprint density at radius 2 is 1.79 bits per heavy atom. The molecule has 0 unspecified atom stereocenters. The molecule has 0 aliphatic carbocycles. The first-order valence-corrected chi connectivity index (χ1v) is 12.7. The topological polar surface area (TPSA) is 141 Å². The molecule has 0 aliphatic heterocycles. The molecule has 0 saturated carbocycles. The van der Waals surface area contributed by atoms with Crippen LogP contribution in [0.1, 0.15) is 31.9 Å². The van der Waals surface area contributed by atoms with E-state index in [0.717, 1.165) is 22.4 Å². The van der Waals surface area contributed by atoms with Crippen molar-refractivity contribution >= 4 is 37.4 Å². The van der Waals surface area contributed by atoms with Gasteiger partial charge in [-0.2, -0.15) is 5.26 Å². The van der Waals surface area contributed by atoms with Crippen LogP contribution < -0.4 is 11.0 Å². The van der Waals surface area contributed by atoms with Gasteiger partial charge < -0.3 is 9.88 Å². The highest BCUT2D eigenvalue weighted by molar-refractivity contribution is 7.90. The number of hydrogen-bond donors (Lipinski definition) is 1. The van der Waals surface area contributed by atoms with Crippen LogP contribution in [-0.4, -0.2) is 58.6 Å². The molecule has 10 nitrogen and oxygen atoms in total. The molecule has 0 fully saturated rings. The van der Waals surface area contributed by atoms with Gasteiger partial charge >= 0.3 is 0 Å². The summed E-state index contributed by atoms with van der Waals surface area (Å²) in [5, 5.41) is 9.26. The number of nitriles is 1. The Labute approximate surface area is 196 Å². The van der Waals surface area contributed by atoms with Gasteiger partial charge in [-0.05, 0) is 38.7 Å². The van der Waals surface area contributed by atoms with E-state index in [1.54, 1.807) is 24.3 Å². The lowest BCUT2D eigenvalue weighted by Crippen LogP contribution is -2.23. The van der Waals surface area contributed by atoms with Crippen LogP contribution in [0.3, 0.4) is 0 Å². The lowest BCUT2D eigenvalue weighted by molar-refractivity contribution is 0.321. The van der Waals surface area contributed by atoms with Gasteiger partial charge in [0.25, 0.3) is 5.56 Å². The molecule has 4 rings (SSSR count). The molecule has 0 saturated heterocycles. The number of nitrogens with zero attached hydrogens (tertiary/aromatic N) is 5. The second kappa shape index (κ2) is 9.70. The van der Waals surface area contributed by atoms with Gasteiger partial charge in [-0.3, -0.25) is 14.0 Å². The van der Waals surface area contributed by atoms with E-state index >= 15 is 0 Å². The van der Waals surface area contributed by atoms with E-state index in [4.69, 9.17) is 0 Å². The molecule has 178 valence electrons. The molecule has 0 aliphatic rings. The van der Waals surface area contributed by atoms with Gasteiger partial charge in [0.2, 0.25) is 20.4 Å². The minimum Gasteiger partial charge on any atom is -0.339 e. The number of fused-ring (bicyclic) bond motifs is 4. The smallest absolute Gasteiger partial charge is 0.266 e. The number of nitrogens with one attached hydrogen (secondary N) is 1. The fourth-order valence-electron chi connectivity index (χ4n) is 3.62. The normalized spacial score (nSPS) is 11.6. The van der Waals surface area contributed by atoms with Gasteiger partial charge in [-0.25, -0.2) is 18.4 Å². The highest BCUT2D eigenvalue weighted by Crippen LogP contribution is 2.17. The molecule has 0 atom stereocenters. The Kier molecular flexibility index (Phi) is 7.14. The maximum Gasteiger partial charge on any atom is 0.266 e. The third-order valence-corrected chi connectivity index (χ3v) is 6.40. The van der Waals surface area contributed by atoms with Gasteiger partial charge in [0.05, 0.1) is 22.6 Å². The number of pyridine rings is 1. The van der Waals surface area contributed by atoms with Crippen molar-refractivity contribution in [3.8, 4) is 6.07 Å². The van der Waals surface area contributed by atoms with Crippen molar-refractivity contribution in [1.29, 1.82) is 5.26 Å². The van der Waals surface area contributed by atoms with Crippen molar-refractivity contribution in [2.24, 2.45) is 0 Å². The van der Waals surface area contributed by atoms with Crippen molar-refractivity contribution in [2.75, 3.05) is 25.9 Å². The first-order chi connectivity index (χ1) is 16.1. The molecular formula is C23H26N6O4S. The van der Waals surface area contributed by atoms with Crippen molar-refractivity contribution < 1.29 is 8.42 Å². The van der Waals surface area contributed by atoms with E-state index in [1.165, 1.54) is 19.6 Å². The Bertz CT molecular complexity index is 1660. The van der Waals surface area contributed by atoms with Crippen molar-refractivity contribution in [2.45, 2.75) is 32.9 Å². The number of H-pyrrole nitrogens is 1. The summed E-state index contributed by atoms with van der Waals surface area (Å²) in [5.74, 6) is 0. The molecule has 3 aromatic heterocycles. The summed E-state index contributed by atoms with van der Waals surface area (Å²) in [6.45, 7) is 12.0. The summed E-state index contributed by atoms with van der Waals surface area (Å²) in [5.41, 5.74) is -0.541. The van der Waals surface area contributed by atoms with E-state index in [0.29, 0.717) is 10.9 Å². The highest BCUT2D eigenvalue weighted by atomic mass is 32.2. The lowest BCUT2D eigenvalue weighted by atomic mass is 10.1. The van der Waals surface area contributed by atoms with E-state index < -0.39 is 26.0 Å². The number of aromatic amines is 1. The van der Waals surface area contributed by atoms with Crippen LogP contribution in [0.25, 0.3) is 27.6 Å². The summed E-state index contributed by atoms with van der Waals surface area (Å²) in [6, 6.07) is 6.93. The molecule has 3 heterocycles. The molecule has 34 heavy (non-hydrogen) atoms. The summed E-state index contributed by atoms with van der Waals surface area (Å²) in [4.78, 5) is 38.7. The largest absolute Gasteiger partial charge is 0.339 e. The maximum atomic E-state index is 13.1. The number of aryl methyl sites for hydroxylation is 1. The number of benzene rings is 1. The van der Waals surface area contributed by atoms with Crippen LogP contribution in [0, 0.1) is 18.3 Å². The average molecular weight is 483 g/mol. The van der Waals surface area contributed by atoms with E-state index in [2.05, 4.69) is 40.6 Å².